The summed E-state index contributed by atoms with van der Waals surface area (Å²) in [6.45, 7) is 4.58. The number of carbonyl (C=O) groups is 1. The second-order valence-corrected chi connectivity index (χ2v) is 6.08. The number of imidazole rings is 1. The maximum Gasteiger partial charge on any atom is 0.258 e. The standard InChI is InChI=1S/C18H17ClN4O/c1-12-4-3-5-14(6-12)9-23-10-17(21-11-23)22-18(24)15-8-20-16(19)7-13(15)2/h3-8,10-11H,9H2,1-2H3,(H,22,24). The van der Waals surface area contributed by atoms with Crippen molar-refractivity contribution in [2.24, 2.45) is 0 Å². The number of anilines is 1. The van der Waals surface area contributed by atoms with Crippen LogP contribution in [-0.2, 0) is 6.54 Å². The van der Waals surface area contributed by atoms with Gasteiger partial charge in [-0.3, -0.25) is 4.79 Å². The van der Waals surface area contributed by atoms with Crippen LogP contribution in [0.1, 0.15) is 27.0 Å². The van der Waals surface area contributed by atoms with Gasteiger partial charge < -0.3 is 9.88 Å². The van der Waals surface area contributed by atoms with E-state index in [4.69, 9.17) is 11.6 Å². The molecule has 0 saturated carbocycles. The topological polar surface area (TPSA) is 59.8 Å². The van der Waals surface area contributed by atoms with Gasteiger partial charge in [0.15, 0.2) is 5.82 Å². The van der Waals surface area contributed by atoms with E-state index in [1.54, 1.807) is 18.6 Å². The first-order valence-electron chi connectivity index (χ1n) is 7.52. The lowest BCUT2D eigenvalue weighted by molar-refractivity contribution is 0.102. The number of nitrogens with one attached hydrogen (secondary N) is 1. The smallest absolute Gasteiger partial charge is 0.258 e. The van der Waals surface area contributed by atoms with Crippen LogP contribution in [0.3, 0.4) is 0 Å². The normalized spacial score (nSPS) is 10.6. The Labute approximate surface area is 145 Å². The largest absolute Gasteiger partial charge is 0.331 e. The molecule has 0 fully saturated rings. The van der Waals surface area contributed by atoms with Crippen molar-refractivity contribution >= 4 is 23.3 Å². The molecule has 0 radical (unpaired) electrons. The quantitative estimate of drug-likeness (QED) is 0.734. The third-order valence-electron chi connectivity index (χ3n) is 3.64. The van der Waals surface area contributed by atoms with Crippen molar-refractivity contribution in [2.75, 3.05) is 5.32 Å². The molecule has 5 nitrogen and oxygen atoms in total. The third-order valence-corrected chi connectivity index (χ3v) is 3.85. The minimum Gasteiger partial charge on any atom is -0.331 e. The van der Waals surface area contributed by atoms with Crippen LogP contribution in [-0.4, -0.2) is 20.4 Å². The van der Waals surface area contributed by atoms with Gasteiger partial charge in [0, 0.05) is 18.9 Å². The van der Waals surface area contributed by atoms with Crippen LogP contribution in [0, 0.1) is 13.8 Å². The molecule has 1 aromatic carbocycles. The number of carbonyl (C=O) groups excluding carboxylic acids is 1. The Bertz CT molecular complexity index is 888. The number of benzene rings is 1. The summed E-state index contributed by atoms with van der Waals surface area (Å²) in [4.78, 5) is 20.5. The van der Waals surface area contributed by atoms with Gasteiger partial charge in [0.05, 0.1) is 11.9 Å². The molecule has 0 aliphatic carbocycles. The summed E-state index contributed by atoms with van der Waals surface area (Å²) in [7, 11) is 0. The molecule has 0 aliphatic rings. The minimum absolute atomic E-state index is 0.252. The number of aryl methyl sites for hydroxylation is 2. The Hall–Kier alpha value is -2.66. The van der Waals surface area contributed by atoms with E-state index in [2.05, 4.69) is 40.4 Å². The van der Waals surface area contributed by atoms with E-state index in [1.165, 1.54) is 17.3 Å². The summed E-state index contributed by atoms with van der Waals surface area (Å²) in [6.07, 6.45) is 4.97. The van der Waals surface area contributed by atoms with Gasteiger partial charge in [-0.1, -0.05) is 41.4 Å². The third kappa shape index (κ3) is 3.81. The van der Waals surface area contributed by atoms with Crippen molar-refractivity contribution in [1.29, 1.82) is 0 Å². The zero-order valence-electron chi connectivity index (χ0n) is 13.5. The molecule has 122 valence electrons. The van der Waals surface area contributed by atoms with Gasteiger partial charge in [-0.05, 0) is 31.0 Å². The molecule has 0 saturated heterocycles. The predicted molar refractivity (Wildman–Crippen MR) is 94.4 cm³/mol. The maximum absolute atomic E-state index is 12.3. The van der Waals surface area contributed by atoms with Gasteiger partial charge >= 0.3 is 0 Å². The highest BCUT2D eigenvalue weighted by Crippen LogP contribution is 2.14. The van der Waals surface area contributed by atoms with Crippen LogP contribution >= 0.6 is 11.6 Å². The Balaban J connectivity index is 1.70. The summed E-state index contributed by atoms with van der Waals surface area (Å²) in [5.74, 6) is 0.250. The first kappa shape index (κ1) is 16.2. The van der Waals surface area contributed by atoms with E-state index in [9.17, 15) is 4.79 Å². The van der Waals surface area contributed by atoms with Crippen molar-refractivity contribution < 1.29 is 4.79 Å². The van der Waals surface area contributed by atoms with Gasteiger partial charge in [0.2, 0.25) is 0 Å². The van der Waals surface area contributed by atoms with Crippen molar-refractivity contribution in [3.8, 4) is 0 Å². The van der Waals surface area contributed by atoms with Gasteiger partial charge in [0.1, 0.15) is 5.15 Å². The fraction of sp³-hybridized carbons (Fsp3) is 0.167. The Kier molecular flexibility index (Phi) is 4.62. The number of aromatic nitrogens is 3. The number of pyridine rings is 1. The van der Waals surface area contributed by atoms with Gasteiger partial charge in [-0.25, -0.2) is 9.97 Å². The summed E-state index contributed by atoms with van der Waals surface area (Å²) >= 11 is 5.81. The highest BCUT2D eigenvalue weighted by molar-refractivity contribution is 6.29. The molecule has 24 heavy (non-hydrogen) atoms. The average molecular weight is 341 g/mol. The number of hydrogen-bond donors (Lipinski definition) is 1. The molecular formula is C18H17ClN4O. The van der Waals surface area contributed by atoms with Crippen LogP contribution < -0.4 is 5.32 Å². The van der Waals surface area contributed by atoms with Crippen molar-refractivity contribution in [3.63, 3.8) is 0 Å². The van der Waals surface area contributed by atoms with E-state index in [1.807, 2.05) is 17.6 Å². The zero-order chi connectivity index (χ0) is 17.1. The van der Waals surface area contributed by atoms with Crippen LogP contribution in [0.5, 0.6) is 0 Å². The lowest BCUT2D eigenvalue weighted by Crippen LogP contribution is -2.14. The highest BCUT2D eigenvalue weighted by atomic mass is 35.5. The fourth-order valence-corrected chi connectivity index (χ4v) is 2.69. The van der Waals surface area contributed by atoms with E-state index in [0.29, 0.717) is 23.1 Å². The second kappa shape index (κ2) is 6.84. The lowest BCUT2D eigenvalue weighted by atomic mass is 10.1. The molecule has 2 heterocycles. The van der Waals surface area contributed by atoms with Gasteiger partial charge in [0.25, 0.3) is 5.91 Å². The Morgan fingerprint density at radius 1 is 1.25 bits per heavy atom. The Morgan fingerprint density at radius 2 is 2.08 bits per heavy atom. The molecule has 0 bridgehead atoms. The first-order valence-corrected chi connectivity index (χ1v) is 7.90. The molecule has 0 unspecified atom stereocenters. The van der Waals surface area contributed by atoms with Crippen LogP contribution in [0.15, 0.2) is 49.1 Å². The van der Waals surface area contributed by atoms with Crippen molar-refractivity contribution in [2.45, 2.75) is 20.4 Å². The van der Waals surface area contributed by atoms with E-state index < -0.39 is 0 Å². The molecule has 3 aromatic rings. The molecule has 1 N–H and O–H groups in total. The number of halogens is 1. The lowest BCUT2D eigenvalue weighted by Gasteiger charge is -2.05. The van der Waals surface area contributed by atoms with Crippen LogP contribution in [0.2, 0.25) is 5.15 Å². The van der Waals surface area contributed by atoms with Crippen LogP contribution in [0.4, 0.5) is 5.82 Å². The predicted octanol–water partition coefficient (Wildman–Crippen LogP) is 3.85. The Morgan fingerprint density at radius 3 is 2.83 bits per heavy atom. The summed E-state index contributed by atoms with van der Waals surface area (Å²) in [5, 5.41) is 3.15. The maximum atomic E-state index is 12.3. The van der Waals surface area contributed by atoms with Crippen molar-refractivity contribution in [1.82, 2.24) is 14.5 Å². The monoisotopic (exact) mass is 340 g/mol. The average Bonchev–Trinajstić information content (AvgIpc) is 2.94. The molecule has 6 heteroatoms. The number of amides is 1. The van der Waals surface area contributed by atoms with Gasteiger partial charge in [-0.15, -0.1) is 0 Å². The SMILES string of the molecule is Cc1cccc(Cn2cnc(NC(=O)c3cnc(Cl)cc3C)c2)c1. The van der Waals surface area contributed by atoms with Crippen LogP contribution in [0.25, 0.3) is 0 Å². The highest BCUT2D eigenvalue weighted by Gasteiger charge is 2.12. The number of rotatable bonds is 4. The first-order chi connectivity index (χ1) is 11.5. The fourth-order valence-electron chi connectivity index (χ4n) is 2.48. The zero-order valence-corrected chi connectivity index (χ0v) is 14.2. The molecule has 0 spiro atoms. The molecule has 0 aliphatic heterocycles. The summed E-state index contributed by atoms with van der Waals surface area (Å²) in [6, 6.07) is 9.94. The van der Waals surface area contributed by atoms with Crippen molar-refractivity contribution in [3.05, 3.63) is 76.5 Å². The van der Waals surface area contributed by atoms with E-state index >= 15 is 0 Å². The van der Waals surface area contributed by atoms with Gasteiger partial charge in [-0.2, -0.15) is 0 Å². The molecule has 1 amide bonds. The molecular weight excluding hydrogens is 324 g/mol. The van der Waals surface area contributed by atoms with E-state index in [0.717, 1.165) is 5.56 Å². The molecule has 0 atom stereocenters. The molecule has 2 aromatic heterocycles. The minimum atomic E-state index is -0.252. The van der Waals surface area contributed by atoms with E-state index in [-0.39, 0.29) is 5.91 Å². The summed E-state index contributed by atoms with van der Waals surface area (Å²) in [5.41, 5.74) is 3.65. The molecule has 3 rings (SSSR count). The summed E-state index contributed by atoms with van der Waals surface area (Å²) < 4.78 is 1.93. The second-order valence-electron chi connectivity index (χ2n) is 5.70. The number of nitrogens with zero attached hydrogens (tertiary/aromatic N) is 3. The number of hydrogen-bond acceptors (Lipinski definition) is 3.